The van der Waals surface area contributed by atoms with E-state index in [1.54, 1.807) is 26.0 Å². The third-order valence-corrected chi connectivity index (χ3v) is 16.0. The van der Waals surface area contributed by atoms with Crippen molar-refractivity contribution in [2.24, 2.45) is 56.2 Å². The van der Waals surface area contributed by atoms with Gasteiger partial charge in [-0.3, -0.25) is 19.2 Å². The number of hydrogen-bond donors (Lipinski definition) is 3. The molecule has 6 rings (SSSR count). The molecule has 1 aromatic carbocycles. The minimum atomic E-state index is -1.18. The van der Waals surface area contributed by atoms with Gasteiger partial charge in [-0.2, -0.15) is 0 Å². The fourth-order valence-corrected chi connectivity index (χ4v) is 13.0. The number of hydrogen-bond acceptors (Lipinski definition) is 6. The predicted octanol–water partition coefficient (Wildman–Crippen LogP) is 8.17. The number of carbonyl (C=O) groups excluding carboxylic acids is 3. The number of allylic oxidation sites excluding steroid dienone is 1. The second kappa shape index (κ2) is 13.1. The van der Waals surface area contributed by atoms with Gasteiger partial charge in [0, 0.05) is 29.4 Å². The molecule has 0 saturated heterocycles. The third-order valence-electron chi connectivity index (χ3n) is 16.0. The van der Waals surface area contributed by atoms with E-state index in [0.717, 1.165) is 56.9 Å². The van der Waals surface area contributed by atoms with E-state index in [0.29, 0.717) is 23.8 Å². The number of esters is 1. The van der Waals surface area contributed by atoms with Gasteiger partial charge in [-0.25, -0.2) is 0 Å². The number of carboxylic acid groups (broad SMARTS) is 1. The first kappa shape index (κ1) is 38.7. The lowest BCUT2D eigenvalue weighted by Crippen LogP contribution is -2.66. The number of ketones is 1. The highest BCUT2D eigenvalue weighted by Gasteiger charge is 2.70. The summed E-state index contributed by atoms with van der Waals surface area (Å²) in [5.41, 5.74) is 0.508. The smallest absolute Gasteiger partial charge is 0.309 e. The average molecular weight is 718 g/mol. The van der Waals surface area contributed by atoms with Crippen LogP contribution in [0, 0.1) is 56.2 Å². The number of nitrogens with one attached hydrogen (secondary N) is 1. The number of benzene rings is 1. The fraction of sp³-hybridized carbons (Fsp3) is 0.727. The Balaban J connectivity index is 1.27. The lowest BCUT2D eigenvalue weighted by Gasteiger charge is -2.72. The summed E-state index contributed by atoms with van der Waals surface area (Å²) in [4.78, 5) is 51.8. The molecule has 0 aliphatic heterocycles. The maximum Gasteiger partial charge on any atom is 0.309 e. The molecule has 3 N–H and O–H groups in total. The Kier molecular flexibility index (Phi) is 9.75. The van der Waals surface area contributed by atoms with Crippen LogP contribution in [-0.2, 0) is 19.1 Å². The summed E-state index contributed by atoms with van der Waals surface area (Å²) in [6.45, 7) is 19.5. The second-order valence-electron chi connectivity index (χ2n) is 19.6. The van der Waals surface area contributed by atoms with Gasteiger partial charge in [-0.1, -0.05) is 72.2 Å². The zero-order valence-corrected chi connectivity index (χ0v) is 33.1. The summed E-state index contributed by atoms with van der Waals surface area (Å²) >= 11 is 0. The average Bonchev–Trinajstić information content (AvgIpc) is 3.38. The van der Waals surface area contributed by atoms with Crippen LogP contribution in [0.15, 0.2) is 41.5 Å². The topological polar surface area (TPSA) is 130 Å². The summed E-state index contributed by atoms with van der Waals surface area (Å²) in [5, 5.41) is 24.7. The maximum absolute atomic E-state index is 14.0. The molecule has 0 heterocycles. The zero-order valence-electron chi connectivity index (χ0n) is 33.1. The van der Waals surface area contributed by atoms with Crippen molar-refractivity contribution >= 4 is 23.6 Å². The number of fused-ring (bicyclic) bond motifs is 7. The van der Waals surface area contributed by atoms with Gasteiger partial charge in [0.1, 0.15) is 6.10 Å². The van der Waals surface area contributed by atoms with Crippen molar-refractivity contribution in [3.8, 4) is 0 Å². The van der Waals surface area contributed by atoms with E-state index in [1.165, 1.54) is 5.57 Å². The molecule has 4 fully saturated rings. The first-order valence-corrected chi connectivity index (χ1v) is 19.9. The second-order valence-corrected chi connectivity index (χ2v) is 19.6. The van der Waals surface area contributed by atoms with Gasteiger partial charge in [0.05, 0.1) is 17.9 Å². The van der Waals surface area contributed by atoms with Crippen LogP contribution >= 0.6 is 0 Å². The van der Waals surface area contributed by atoms with Crippen LogP contribution in [0.4, 0.5) is 0 Å². The van der Waals surface area contributed by atoms with Crippen LogP contribution < -0.4 is 5.32 Å². The molecule has 52 heavy (non-hydrogen) atoms. The molecule has 0 aromatic heterocycles. The molecule has 4 saturated carbocycles. The Morgan fingerprint density at radius 3 is 2.21 bits per heavy atom. The van der Waals surface area contributed by atoms with E-state index in [9.17, 15) is 29.4 Å². The molecule has 5 aliphatic carbocycles. The normalized spacial score (nSPS) is 37.3. The Bertz CT molecular complexity index is 1640. The summed E-state index contributed by atoms with van der Waals surface area (Å²) in [5.74, 6) is -0.477. The van der Waals surface area contributed by atoms with E-state index in [2.05, 4.69) is 53.8 Å². The van der Waals surface area contributed by atoms with Crippen LogP contribution in [0.2, 0.25) is 0 Å². The summed E-state index contributed by atoms with van der Waals surface area (Å²) < 4.78 is 6.15. The number of carbonyl (C=O) groups is 4. The molecule has 9 atom stereocenters. The molecule has 0 bridgehead atoms. The highest BCUT2D eigenvalue weighted by atomic mass is 16.5. The standard InChI is InChI=1S/C44H63NO7/c1-26(2)35-29(46)23-44(32(47)25-45-37(49)27-13-11-10-12-14-27)22-21-42(8)28(36(35)44)15-16-31-41(7)19-18-33(52-34(48)24-39(3,4)38(50)51)40(5,6)30(41)17-20-43(31,42)9/h10-14,26,28,30-33,47H,15-25H2,1-9H3,(H,45,49)(H,50,51)/t28-,30+,31-,32+,33+,41+,42-,43-,44+/m1/s1. The minimum absolute atomic E-state index is 0.00559. The van der Waals surface area contributed by atoms with Gasteiger partial charge in [0.2, 0.25) is 0 Å². The number of rotatable bonds is 9. The molecular formula is C44H63NO7. The first-order valence-electron chi connectivity index (χ1n) is 19.9. The minimum Gasteiger partial charge on any atom is -0.481 e. The van der Waals surface area contributed by atoms with Gasteiger partial charge in [0.25, 0.3) is 5.91 Å². The molecular weight excluding hydrogens is 654 g/mol. The van der Waals surface area contributed by atoms with Crippen LogP contribution in [0.1, 0.15) is 137 Å². The van der Waals surface area contributed by atoms with Crippen LogP contribution in [0.3, 0.4) is 0 Å². The number of aliphatic carboxylic acids is 1. The van der Waals surface area contributed by atoms with Crippen molar-refractivity contribution in [3.05, 3.63) is 47.0 Å². The number of aliphatic hydroxyl groups is 1. The molecule has 286 valence electrons. The molecule has 1 amide bonds. The molecule has 8 heteroatoms. The first-order chi connectivity index (χ1) is 24.2. The van der Waals surface area contributed by atoms with Crippen molar-refractivity contribution in [1.29, 1.82) is 0 Å². The van der Waals surface area contributed by atoms with Crippen LogP contribution in [0.5, 0.6) is 0 Å². The number of aliphatic hydroxyl groups excluding tert-OH is 1. The predicted molar refractivity (Wildman–Crippen MR) is 200 cm³/mol. The SMILES string of the molecule is CC(C)C1=C2[C@H]3CC[C@@H]4[C@@]5(C)CC[C@H](OC(=O)CC(C)(C)C(=O)O)C(C)(C)[C@@H]5CC[C@@]4(C)[C@]3(C)CC[C@@]2([C@@H](O)CNC(=O)c2ccccc2)CC1=O. The molecule has 0 radical (unpaired) electrons. The van der Waals surface area contributed by atoms with Crippen molar-refractivity contribution in [1.82, 2.24) is 5.32 Å². The number of Topliss-reactive ketones (excluding diaryl/α,β-unsaturated/α-hetero) is 1. The maximum atomic E-state index is 14.0. The van der Waals surface area contributed by atoms with E-state index in [1.807, 2.05) is 18.2 Å². The Morgan fingerprint density at radius 1 is 0.904 bits per heavy atom. The van der Waals surface area contributed by atoms with Gasteiger partial charge in [-0.05, 0) is 123 Å². The monoisotopic (exact) mass is 717 g/mol. The van der Waals surface area contributed by atoms with E-state index < -0.39 is 28.9 Å². The van der Waals surface area contributed by atoms with Gasteiger partial charge >= 0.3 is 11.9 Å². The highest BCUT2D eigenvalue weighted by Crippen LogP contribution is 2.77. The van der Waals surface area contributed by atoms with Crippen molar-refractivity contribution in [3.63, 3.8) is 0 Å². The van der Waals surface area contributed by atoms with Crippen molar-refractivity contribution < 1.29 is 34.1 Å². The van der Waals surface area contributed by atoms with Crippen molar-refractivity contribution in [2.45, 2.75) is 139 Å². The highest BCUT2D eigenvalue weighted by molar-refractivity contribution is 6.01. The van der Waals surface area contributed by atoms with E-state index in [-0.39, 0.29) is 64.3 Å². The van der Waals surface area contributed by atoms with Crippen molar-refractivity contribution in [2.75, 3.05) is 6.54 Å². The number of amides is 1. The zero-order chi connectivity index (χ0) is 38.2. The molecule has 8 nitrogen and oxygen atoms in total. The summed E-state index contributed by atoms with van der Waals surface area (Å²) in [7, 11) is 0. The number of carboxylic acids is 1. The van der Waals surface area contributed by atoms with Gasteiger partial charge in [0.15, 0.2) is 5.78 Å². The lowest BCUT2D eigenvalue weighted by molar-refractivity contribution is -0.235. The fourth-order valence-electron chi connectivity index (χ4n) is 13.0. The van der Waals surface area contributed by atoms with E-state index >= 15 is 0 Å². The molecule has 1 aromatic rings. The van der Waals surface area contributed by atoms with Gasteiger partial charge < -0.3 is 20.3 Å². The van der Waals surface area contributed by atoms with Crippen LogP contribution in [0.25, 0.3) is 0 Å². The molecule has 5 aliphatic rings. The lowest BCUT2D eigenvalue weighted by atomic mass is 9.33. The Labute approximate surface area is 310 Å². The van der Waals surface area contributed by atoms with Crippen LogP contribution in [-0.4, -0.2) is 52.6 Å². The van der Waals surface area contributed by atoms with E-state index in [4.69, 9.17) is 4.74 Å². The number of ether oxygens (including phenoxy) is 1. The molecule has 0 unspecified atom stereocenters. The van der Waals surface area contributed by atoms with Gasteiger partial charge in [-0.15, -0.1) is 0 Å². The largest absolute Gasteiger partial charge is 0.481 e. The third kappa shape index (κ3) is 5.80. The molecule has 0 spiro atoms. The summed E-state index contributed by atoms with van der Waals surface area (Å²) in [6.07, 6.45) is 6.44. The quantitative estimate of drug-likeness (QED) is 0.220. The Morgan fingerprint density at radius 2 is 1.58 bits per heavy atom. The summed E-state index contributed by atoms with van der Waals surface area (Å²) in [6, 6.07) is 9.07. The Hall–Kier alpha value is -3.00.